The first kappa shape index (κ1) is 12.4. The summed E-state index contributed by atoms with van der Waals surface area (Å²) < 4.78 is 5.45. The van der Waals surface area contributed by atoms with Gasteiger partial charge < -0.3 is 10.1 Å². The lowest BCUT2D eigenvalue weighted by atomic mass is 9.81. The third kappa shape index (κ3) is 3.46. The number of nitrogens with one attached hydrogen (secondary N) is 1. The van der Waals surface area contributed by atoms with Crippen LogP contribution in [0.2, 0.25) is 0 Å². The minimum Gasteiger partial charge on any atom is -0.381 e. The summed E-state index contributed by atoms with van der Waals surface area (Å²) in [6.45, 7) is 3.23. The Morgan fingerprint density at radius 3 is 2.44 bits per heavy atom. The molecule has 2 nitrogen and oxygen atoms in total. The highest BCUT2D eigenvalue weighted by atomic mass is 16.5. The van der Waals surface area contributed by atoms with Crippen molar-refractivity contribution in [2.24, 2.45) is 17.8 Å². The first-order valence-corrected chi connectivity index (χ1v) is 7.12. The second kappa shape index (κ2) is 6.61. The fraction of sp³-hybridized carbons (Fsp3) is 1.00. The molecule has 94 valence electrons. The smallest absolute Gasteiger partial charge is 0.0468 e. The molecule has 1 saturated heterocycles. The highest BCUT2D eigenvalue weighted by molar-refractivity contribution is 4.79. The van der Waals surface area contributed by atoms with Crippen LogP contribution in [0.4, 0.5) is 0 Å². The van der Waals surface area contributed by atoms with Gasteiger partial charge in [0, 0.05) is 13.2 Å². The van der Waals surface area contributed by atoms with Gasteiger partial charge in [0.1, 0.15) is 0 Å². The topological polar surface area (TPSA) is 21.3 Å². The first-order chi connectivity index (χ1) is 7.90. The minimum atomic E-state index is 0.926. The Hall–Kier alpha value is -0.0800. The van der Waals surface area contributed by atoms with Crippen molar-refractivity contribution >= 4 is 0 Å². The molecule has 2 rings (SSSR count). The highest BCUT2D eigenvalue weighted by Crippen LogP contribution is 2.36. The van der Waals surface area contributed by atoms with E-state index in [-0.39, 0.29) is 0 Å². The average molecular weight is 225 g/mol. The van der Waals surface area contributed by atoms with E-state index in [1.54, 1.807) is 0 Å². The summed E-state index contributed by atoms with van der Waals surface area (Å²) in [5.74, 6) is 2.87. The quantitative estimate of drug-likeness (QED) is 0.777. The molecule has 0 amide bonds. The van der Waals surface area contributed by atoms with Crippen molar-refractivity contribution in [3.05, 3.63) is 0 Å². The molecular weight excluding hydrogens is 198 g/mol. The van der Waals surface area contributed by atoms with Gasteiger partial charge in [-0.15, -0.1) is 0 Å². The summed E-state index contributed by atoms with van der Waals surface area (Å²) in [6.07, 6.45) is 9.94. The van der Waals surface area contributed by atoms with E-state index in [4.69, 9.17) is 4.74 Å². The summed E-state index contributed by atoms with van der Waals surface area (Å²) in [4.78, 5) is 0. The summed E-state index contributed by atoms with van der Waals surface area (Å²) in [5, 5.41) is 3.40. The molecule has 0 aromatic carbocycles. The standard InChI is InChI=1S/C14H27NO/c1-15-11-14(13-4-2-3-5-13)10-12-6-8-16-9-7-12/h12-15H,2-11H2,1H3. The van der Waals surface area contributed by atoms with Gasteiger partial charge in [0.2, 0.25) is 0 Å². The van der Waals surface area contributed by atoms with Crippen LogP contribution in [0.25, 0.3) is 0 Å². The zero-order chi connectivity index (χ0) is 11.2. The van der Waals surface area contributed by atoms with Crippen molar-refractivity contribution in [1.29, 1.82) is 0 Å². The highest BCUT2D eigenvalue weighted by Gasteiger charge is 2.27. The van der Waals surface area contributed by atoms with E-state index in [0.717, 1.165) is 31.0 Å². The van der Waals surface area contributed by atoms with Crippen molar-refractivity contribution in [3.63, 3.8) is 0 Å². The van der Waals surface area contributed by atoms with Gasteiger partial charge in [0.15, 0.2) is 0 Å². The lowest BCUT2D eigenvalue weighted by molar-refractivity contribution is 0.0548. The van der Waals surface area contributed by atoms with Crippen LogP contribution in [0.15, 0.2) is 0 Å². The molecule has 0 bridgehead atoms. The maximum Gasteiger partial charge on any atom is 0.0468 e. The Morgan fingerprint density at radius 1 is 1.12 bits per heavy atom. The molecule has 0 spiro atoms. The molecule has 1 aliphatic heterocycles. The number of rotatable bonds is 5. The van der Waals surface area contributed by atoms with Crippen LogP contribution in [0, 0.1) is 17.8 Å². The number of ether oxygens (including phenoxy) is 1. The van der Waals surface area contributed by atoms with Crippen LogP contribution in [-0.2, 0) is 4.74 Å². The fourth-order valence-electron chi connectivity index (χ4n) is 3.54. The van der Waals surface area contributed by atoms with Gasteiger partial charge in [-0.2, -0.15) is 0 Å². The predicted molar refractivity (Wildman–Crippen MR) is 67.5 cm³/mol. The maximum atomic E-state index is 5.45. The Labute approximate surface area is 100 Å². The fourth-order valence-corrected chi connectivity index (χ4v) is 3.54. The molecule has 1 unspecified atom stereocenters. The van der Waals surface area contributed by atoms with Crippen LogP contribution in [0.1, 0.15) is 44.9 Å². The van der Waals surface area contributed by atoms with Crippen molar-refractivity contribution in [2.45, 2.75) is 44.9 Å². The van der Waals surface area contributed by atoms with E-state index in [2.05, 4.69) is 12.4 Å². The first-order valence-electron chi connectivity index (χ1n) is 7.12. The van der Waals surface area contributed by atoms with E-state index in [0.29, 0.717) is 0 Å². The van der Waals surface area contributed by atoms with E-state index >= 15 is 0 Å². The molecule has 0 radical (unpaired) electrons. The molecule has 1 aliphatic carbocycles. The lowest BCUT2D eigenvalue weighted by Crippen LogP contribution is -2.28. The summed E-state index contributed by atoms with van der Waals surface area (Å²) >= 11 is 0. The van der Waals surface area contributed by atoms with Crippen LogP contribution < -0.4 is 5.32 Å². The van der Waals surface area contributed by atoms with E-state index in [9.17, 15) is 0 Å². The van der Waals surface area contributed by atoms with Gasteiger partial charge in [0.25, 0.3) is 0 Å². The number of hydrogen-bond donors (Lipinski definition) is 1. The molecule has 1 heterocycles. The molecule has 1 N–H and O–H groups in total. The molecule has 1 atom stereocenters. The zero-order valence-electron chi connectivity index (χ0n) is 10.7. The summed E-state index contributed by atoms with van der Waals surface area (Å²) in [7, 11) is 2.10. The van der Waals surface area contributed by atoms with Gasteiger partial charge in [-0.1, -0.05) is 25.7 Å². The Balaban J connectivity index is 1.80. The van der Waals surface area contributed by atoms with Crippen molar-refractivity contribution in [3.8, 4) is 0 Å². The molecule has 2 heteroatoms. The summed E-state index contributed by atoms with van der Waals surface area (Å²) in [6, 6.07) is 0. The van der Waals surface area contributed by atoms with Crippen LogP contribution in [0.5, 0.6) is 0 Å². The molecule has 1 saturated carbocycles. The monoisotopic (exact) mass is 225 g/mol. The van der Waals surface area contributed by atoms with E-state index < -0.39 is 0 Å². The molecule has 2 fully saturated rings. The molecular formula is C14H27NO. The SMILES string of the molecule is CNCC(CC1CCOCC1)C1CCCC1. The summed E-state index contributed by atoms with van der Waals surface area (Å²) in [5.41, 5.74) is 0. The van der Waals surface area contributed by atoms with Gasteiger partial charge >= 0.3 is 0 Å². The lowest BCUT2D eigenvalue weighted by Gasteiger charge is -2.30. The van der Waals surface area contributed by atoms with Crippen molar-refractivity contribution < 1.29 is 4.74 Å². The van der Waals surface area contributed by atoms with Gasteiger partial charge in [-0.3, -0.25) is 0 Å². The molecule has 2 aliphatic rings. The minimum absolute atomic E-state index is 0.926. The third-order valence-corrected chi connectivity index (χ3v) is 4.51. The third-order valence-electron chi connectivity index (χ3n) is 4.51. The van der Waals surface area contributed by atoms with Crippen molar-refractivity contribution in [1.82, 2.24) is 5.32 Å². The second-order valence-electron chi connectivity index (χ2n) is 5.65. The molecule has 0 aromatic heterocycles. The number of hydrogen-bond acceptors (Lipinski definition) is 2. The Morgan fingerprint density at radius 2 is 1.81 bits per heavy atom. The van der Waals surface area contributed by atoms with Crippen LogP contribution in [0.3, 0.4) is 0 Å². The van der Waals surface area contributed by atoms with Crippen LogP contribution in [-0.4, -0.2) is 26.8 Å². The zero-order valence-corrected chi connectivity index (χ0v) is 10.7. The van der Waals surface area contributed by atoms with Crippen molar-refractivity contribution in [2.75, 3.05) is 26.8 Å². The van der Waals surface area contributed by atoms with Gasteiger partial charge in [-0.05, 0) is 50.6 Å². The second-order valence-corrected chi connectivity index (χ2v) is 5.65. The maximum absolute atomic E-state index is 5.45. The van der Waals surface area contributed by atoms with Gasteiger partial charge in [0.05, 0.1) is 0 Å². The molecule has 0 aromatic rings. The normalized spacial score (nSPS) is 26.1. The Bertz CT molecular complexity index is 183. The van der Waals surface area contributed by atoms with E-state index in [1.807, 2.05) is 0 Å². The average Bonchev–Trinajstić information content (AvgIpc) is 2.83. The van der Waals surface area contributed by atoms with E-state index in [1.165, 1.54) is 51.5 Å². The largest absolute Gasteiger partial charge is 0.381 e. The Kier molecular flexibility index (Phi) is 5.11. The molecule has 16 heavy (non-hydrogen) atoms. The predicted octanol–water partition coefficient (Wildman–Crippen LogP) is 2.83. The van der Waals surface area contributed by atoms with Crippen LogP contribution >= 0.6 is 0 Å². The van der Waals surface area contributed by atoms with Gasteiger partial charge in [-0.25, -0.2) is 0 Å².